The van der Waals surface area contributed by atoms with Gasteiger partial charge in [0, 0.05) is 24.3 Å². The van der Waals surface area contributed by atoms with E-state index in [4.69, 9.17) is 0 Å². The van der Waals surface area contributed by atoms with Crippen molar-refractivity contribution in [2.45, 2.75) is 19.3 Å². The molecule has 0 saturated heterocycles. The Kier molecular flexibility index (Phi) is 5.49. The number of hydrogen-bond acceptors (Lipinski definition) is 6. The van der Waals surface area contributed by atoms with Crippen LogP contribution in [0.2, 0.25) is 0 Å². The summed E-state index contributed by atoms with van der Waals surface area (Å²) < 4.78 is 0. The van der Waals surface area contributed by atoms with Crippen LogP contribution in [0.15, 0.2) is 36.4 Å². The number of carbonyl (C=O) groups is 2. The third kappa shape index (κ3) is 4.24. The Morgan fingerprint density at radius 3 is 1.89 bits per heavy atom. The molecular formula is C17H14N2O8. The molecule has 2 rings (SSSR count). The highest BCUT2D eigenvalue weighted by molar-refractivity contribution is 5.91. The van der Waals surface area contributed by atoms with E-state index >= 15 is 0 Å². The van der Waals surface area contributed by atoms with Crippen LogP contribution < -0.4 is 0 Å². The van der Waals surface area contributed by atoms with E-state index in [0.29, 0.717) is 0 Å². The molecule has 0 saturated carbocycles. The SMILES string of the molecule is CC(Cc1cc([N+](=O)[O-])ccc1C(=O)O)c1cc([N+](=O)[O-])ccc1C(=O)O. The number of non-ortho nitro benzene ring substituents is 2. The zero-order valence-electron chi connectivity index (χ0n) is 14.0. The molecule has 0 heterocycles. The number of carboxylic acids is 2. The number of nitro groups is 2. The normalized spacial score (nSPS) is 11.6. The van der Waals surface area contributed by atoms with Gasteiger partial charge in [0.1, 0.15) is 0 Å². The van der Waals surface area contributed by atoms with Crippen LogP contribution in [-0.2, 0) is 6.42 Å². The number of nitrogens with zero attached hydrogens (tertiary/aromatic N) is 2. The lowest BCUT2D eigenvalue weighted by atomic mass is 9.88. The third-order valence-electron chi connectivity index (χ3n) is 4.06. The van der Waals surface area contributed by atoms with Gasteiger partial charge in [-0.1, -0.05) is 6.92 Å². The fraction of sp³-hybridized carbons (Fsp3) is 0.176. The molecule has 0 spiro atoms. The minimum Gasteiger partial charge on any atom is -0.478 e. The lowest BCUT2D eigenvalue weighted by molar-refractivity contribution is -0.385. The van der Waals surface area contributed by atoms with Crippen molar-refractivity contribution in [3.63, 3.8) is 0 Å². The maximum Gasteiger partial charge on any atom is 0.335 e. The summed E-state index contributed by atoms with van der Waals surface area (Å²) in [5.41, 5.74) is -0.657. The molecule has 0 aliphatic carbocycles. The van der Waals surface area contributed by atoms with E-state index in [1.54, 1.807) is 6.92 Å². The van der Waals surface area contributed by atoms with E-state index in [2.05, 4.69) is 0 Å². The summed E-state index contributed by atoms with van der Waals surface area (Å²) in [5.74, 6) is -3.22. The van der Waals surface area contributed by atoms with Gasteiger partial charge in [-0.15, -0.1) is 0 Å². The van der Waals surface area contributed by atoms with Crippen molar-refractivity contribution in [1.82, 2.24) is 0 Å². The van der Waals surface area contributed by atoms with Crippen LogP contribution >= 0.6 is 0 Å². The van der Waals surface area contributed by atoms with Gasteiger partial charge in [-0.3, -0.25) is 20.2 Å². The first-order valence-electron chi connectivity index (χ1n) is 7.64. The van der Waals surface area contributed by atoms with Crippen molar-refractivity contribution in [2.75, 3.05) is 0 Å². The zero-order valence-corrected chi connectivity index (χ0v) is 14.0. The topological polar surface area (TPSA) is 161 Å². The molecule has 0 amide bonds. The van der Waals surface area contributed by atoms with E-state index in [1.165, 1.54) is 0 Å². The van der Waals surface area contributed by atoms with Gasteiger partial charge in [0.15, 0.2) is 0 Å². The molecule has 0 aliphatic heterocycles. The molecule has 2 N–H and O–H groups in total. The Balaban J connectivity index is 2.52. The van der Waals surface area contributed by atoms with Crippen LogP contribution in [0.5, 0.6) is 0 Å². The molecule has 10 nitrogen and oxygen atoms in total. The summed E-state index contributed by atoms with van der Waals surface area (Å²) in [6, 6.07) is 6.57. The second-order valence-electron chi connectivity index (χ2n) is 5.84. The van der Waals surface area contributed by atoms with Gasteiger partial charge in [-0.25, -0.2) is 9.59 Å². The molecule has 0 bridgehead atoms. The van der Waals surface area contributed by atoms with E-state index in [1.807, 2.05) is 0 Å². The molecule has 0 fully saturated rings. The van der Waals surface area contributed by atoms with Crippen LogP contribution in [-0.4, -0.2) is 32.0 Å². The smallest absolute Gasteiger partial charge is 0.335 e. The summed E-state index contributed by atoms with van der Waals surface area (Å²) in [5, 5.41) is 40.5. The minimum absolute atomic E-state index is 0.0508. The molecule has 1 atom stereocenters. The number of benzene rings is 2. The first-order chi connectivity index (χ1) is 12.6. The number of hydrogen-bond donors (Lipinski definition) is 2. The molecule has 10 heteroatoms. The van der Waals surface area contributed by atoms with Gasteiger partial charge < -0.3 is 10.2 Å². The van der Waals surface area contributed by atoms with Crippen LogP contribution in [0, 0.1) is 20.2 Å². The number of nitro benzene ring substituents is 2. The van der Waals surface area contributed by atoms with Crippen LogP contribution in [0.3, 0.4) is 0 Å². The average Bonchev–Trinajstić information content (AvgIpc) is 2.60. The van der Waals surface area contributed by atoms with Gasteiger partial charge in [0.05, 0.1) is 21.0 Å². The highest BCUT2D eigenvalue weighted by Gasteiger charge is 2.23. The summed E-state index contributed by atoms with van der Waals surface area (Å²) in [6.45, 7) is 1.57. The highest BCUT2D eigenvalue weighted by atomic mass is 16.6. The monoisotopic (exact) mass is 374 g/mol. The van der Waals surface area contributed by atoms with Crippen LogP contribution in [0.1, 0.15) is 44.7 Å². The first-order valence-corrected chi connectivity index (χ1v) is 7.64. The van der Waals surface area contributed by atoms with Crippen molar-refractivity contribution in [3.05, 3.63) is 78.9 Å². The predicted molar refractivity (Wildman–Crippen MR) is 92.2 cm³/mol. The lowest BCUT2D eigenvalue weighted by Gasteiger charge is -2.16. The fourth-order valence-corrected chi connectivity index (χ4v) is 2.78. The third-order valence-corrected chi connectivity index (χ3v) is 4.06. The van der Waals surface area contributed by atoms with E-state index in [0.717, 1.165) is 36.4 Å². The van der Waals surface area contributed by atoms with E-state index < -0.39 is 27.7 Å². The molecule has 2 aromatic rings. The predicted octanol–water partition coefficient (Wildman–Crippen LogP) is 3.25. The molecule has 1 unspecified atom stereocenters. The molecule has 0 radical (unpaired) electrons. The van der Waals surface area contributed by atoms with Gasteiger partial charge in [0.25, 0.3) is 11.4 Å². The highest BCUT2D eigenvalue weighted by Crippen LogP contribution is 2.30. The molecular weight excluding hydrogens is 360 g/mol. The lowest BCUT2D eigenvalue weighted by Crippen LogP contribution is -2.11. The van der Waals surface area contributed by atoms with Gasteiger partial charge in [0.2, 0.25) is 0 Å². The van der Waals surface area contributed by atoms with Crippen LogP contribution in [0.25, 0.3) is 0 Å². The Morgan fingerprint density at radius 2 is 1.41 bits per heavy atom. The largest absolute Gasteiger partial charge is 0.478 e. The minimum atomic E-state index is -1.29. The Morgan fingerprint density at radius 1 is 0.926 bits per heavy atom. The molecule has 0 aliphatic rings. The zero-order chi connectivity index (χ0) is 20.3. The fourth-order valence-electron chi connectivity index (χ4n) is 2.78. The van der Waals surface area contributed by atoms with Gasteiger partial charge in [-0.05, 0) is 35.6 Å². The number of rotatable bonds is 7. The number of carboxylic acid groups (broad SMARTS) is 2. The molecule has 140 valence electrons. The summed E-state index contributed by atoms with van der Waals surface area (Å²) in [6.07, 6.45) is -0.0508. The Labute approximate surface area is 152 Å². The quantitative estimate of drug-likeness (QED) is 0.551. The summed E-state index contributed by atoms with van der Waals surface area (Å²) in [7, 11) is 0. The maximum absolute atomic E-state index is 11.4. The second kappa shape index (κ2) is 7.60. The molecule has 0 aromatic heterocycles. The van der Waals surface area contributed by atoms with Crippen molar-refractivity contribution in [3.8, 4) is 0 Å². The van der Waals surface area contributed by atoms with Crippen molar-refractivity contribution < 1.29 is 29.6 Å². The van der Waals surface area contributed by atoms with E-state index in [9.17, 15) is 40.0 Å². The number of aromatic carboxylic acids is 2. The summed E-state index contributed by atoms with van der Waals surface area (Å²) >= 11 is 0. The first kappa shape index (κ1) is 19.5. The molecule has 27 heavy (non-hydrogen) atoms. The second-order valence-corrected chi connectivity index (χ2v) is 5.84. The van der Waals surface area contributed by atoms with Gasteiger partial charge >= 0.3 is 11.9 Å². The van der Waals surface area contributed by atoms with Crippen molar-refractivity contribution in [2.24, 2.45) is 0 Å². The van der Waals surface area contributed by atoms with Crippen LogP contribution in [0.4, 0.5) is 11.4 Å². The standard InChI is InChI=1S/C17H14N2O8/c1-9(15-8-12(19(26)27)3-5-14(15)17(22)23)6-10-7-11(18(24)25)2-4-13(10)16(20)21/h2-5,7-9H,6H2,1H3,(H,20,21)(H,22,23). The van der Waals surface area contributed by atoms with Crippen molar-refractivity contribution >= 4 is 23.3 Å². The average molecular weight is 374 g/mol. The maximum atomic E-state index is 11.4. The molecule has 2 aromatic carbocycles. The van der Waals surface area contributed by atoms with Crippen molar-refractivity contribution in [1.29, 1.82) is 0 Å². The Hall–Kier alpha value is -3.82. The summed E-state index contributed by atoms with van der Waals surface area (Å²) in [4.78, 5) is 43.4. The Bertz CT molecular complexity index is 954. The van der Waals surface area contributed by atoms with Gasteiger partial charge in [-0.2, -0.15) is 0 Å². The van der Waals surface area contributed by atoms with E-state index in [-0.39, 0.29) is 40.0 Å².